The van der Waals surface area contributed by atoms with Crippen molar-refractivity contribution >= 4 is 44.8 Å². The van der Waals surface area contributed by atoms with E-state index >= 15 is 0 Å². The number of likely N-dealkylation sites (tertiary alicyclic amines) is 1. The van der Waals surface area contributed by atoms with Gasteiger partial charge in [0.1, 0.15) is 0 Å². The van der Waals surface area contributed by atoms with Crippen LogP contribution in [0.3, 0.4) is 0 Å². The van der Waals surface area contributed by atoms with Crippen molar-refractivity contribution in [3.63, 3.8) is 0 Å². The van der Waals surface area contributed by atoms with Gasteiger partial charge < -0.3 is 10.4 Å². The van der Waals surface area contributed by atoms with E-state index < -0.39 is 46.4 Å². The van der Waals surface area contributed by atoms with E-state index in [2.05, 4.69) is 5.32 Å². The van der Waals surface area contributed by atoms with Gasteiger partial charge in [-0.05, 0) is 60.5 Å². The summed E-state index contributed by atoms with van der Waals surface area (Å²) in [4.78, 5) is 14.7. The molecule has 1 atom stereocenters. The smallest absolute Gasteiger partial charge is 0.394 e. The van der Waals surface area contributed by atoms with Crippen LogP contribution in [0.4, 0.5) is 18.9 Å². The van der Waals surface area contributed by atoms with Gasteiger partial charge in [-0.15, -0.1) is 0 Å². The molecule has 4 rings (SSSR count). The number of halogens is 5. The van der Waals surface area contributed by atoms with Gasteiger partial charge in [0.2, 0.25) is 10.0 Å². The number of carbonyl (C=O) groups is 1. The minimum Gasteiger partial charge on any atom is -0.394 e. The summed E-state index contributed by atoms with van der Waals surface area (Å²) in [5, 5.41) is 12.7. The molecular formula is C28H28Cl2F3N3O4S. The van der Waals surface area contributed by atoms with E-state index in [0.717, 1.165) is 33.8 Å². The Morgan fingerprint density at radius 3 is 1.98 bits per heavy atom. The van der Waals surface area contributed by atoms with Crippen molar-refractivity contribution in [1.29, 1.82) is 0 Å². The average Bonchev–Trinajstić information content (AvgIpc) is 2.87. The molecule has 220 valence electrons. The molecule has 0 aliphatic carbocycles. The van der Waals surface area contributed by atoms with Crippen LogP contribution >= 0.6 is 23.2 Å². The SMILES string of the molecule is CC(CO)NC(=O)c1cc(N(C2CN(C(c3ccc(Cl)cc3)c3ccc(Cl)cc3)C2)S(C)(=O)=O)cc(C(F)(F)F)c1. The van der Waals surface area contributed by atoms with Gasteiger partial charge in [0.25, 0.3) is 5.91 Å². The number of alkyl halides is 3. The van der Waals surface area contributed by atoms with Crippen molar-refractivity contribution in [1.82, 2.24) is 10.2 Å². The van der Waals surface area contributed by atoms with E-state index in [-0.39, 0.29) is 30.4 Å². The first-order valence-corrected chi connectivity index (χ1v) is 15.2. The summed E-state index contributed by atoms with van der Waals surface area (Å²) < 4.78 is 68.4. The zero-order valence-electron chi connectivity index (χ0n) is 22.1. The molecule has 1 aliphatic heterocycles. The Morgan fingerprint density at radius 2 is 1.54 bits per heavy atom. The molecule has 1 amide bonds. The third kappa shape index (κ3) is 7.34. The second-order valence-electron chi connectivity index (χ2n) is 10.00. The molecular weight excluding hydrogens is 602 g/mol. The molecule has 0 saturated carbocycles. The van der Waals surface area contributed by atoms with Crippen LogP contribution in [0.25, 0.3) is 0 Å². The molecule has 1 aliphatic rings. The largest absolute Gasteiger partial charge is 0.416 e. The Morgan fingerprint density at radius 1 is 1.02 bits per heavy atom. The highest BCUT2D eigenvalue weighted by atomic mass is 35.5. The normalized spacial score (nSPS) is 15.4. The average molecular weight is 631 g/mol. The molecule has 1 heterocycles. The summed E-state index contributed by atoms with van der Waals surface area (Å²) in [6.07, 6.45) is -3.92. The fourth-order valence-electron chi connectivity index (χ4n) is 4.81. The van der Waals surface area contributed by atoms with E-state index in [0.29, 0.717) is 16.1 Å². The van der Waals surface area contributed by atoms with Crippen LogP contribution in [0.1, 0.15) is 40.0 Å². The van der Waals surface area contributed by atoms with Crippen molar-refractivity contribution in [3.05, 3.63) is 99.0 Å². The third-order valence-electron chi connectivity index (χ3n) is 6.73. The van der Waals surface area contributed by atoms with Gasteiger partial charge in [-0.3, -0.25) is 14.0 Å². The zero-order chi connectivity index (χ0) is 30.1. The molecule has 13 heteroatoms. The molecule has 7 nitrogen and oxygen atoms in total. The highest BCUT2D eigenvalue weighted by Gasteiger charge is 2.42. The predicted molar refractivity (Wildman–Crippen MR) is 153 cm³/mol. The number of carbonyl (C=O) groups excluding carboxylic acids is 1. The Kier molecular flexibility index (Phi) is 9.25. The number of aliphatic hydroxyl groups excluding tert-OH is 1. The van der Waals surface area contributed by atoms with E-state index in [1.54, 1.807) is 24.3 Å². The van der Waals surface area contributed by atoms with Crippen LogP contribution in [-0.2, 0) is 16.2 Å². The van der Waals surface area contributed by atoms with Crippen LogP contribution < -0.4 is 9.62 Å². The van der Waals surface area contributed by atoms with Gasteiger partial charge in [-0.25, -0.2) is 8.42 Å². The lowest BCUT2D eigenvalue weighted by atomic mass is 9.93. The fourth-order valence-corrected chi connectivity index (χ4v) is 6.23. The first-order valence-electron chi connectivity index (χ1n) is 12.6. The number of rotatable bonds is 9. The van der Waals surface area contributed by atoms with Crippen molar-refractivity contribution in [2.75, 3.05) is 30.3 Å². The van der Waals surface area contributed by atoms with Gasteiger partial charge in [0.05, 0.1) is 36.2 Å². The number of anilines is 1. The zero-order valence-corrected chi connectivity index (χ0v) is 24.4. The molecule has 41 heavy (non-hydrogen) atoms. The maximum absolute atomic E-state index is 13.8. The van der Waals surface area contributed by atoms with Crippen LogP contribution in [-0.4, -0.2) is 62.4 Å². The number of aliphatic hydroxyl groups is 1. The number of hydrogen-bond donors (Lipinski definition) is 2. The maximum atomic E-state index is 13.8. The lowest BCUT2D eigenvalue weighted by molar-refractivity contribution is -0.137. The molecule has 3 aromatic carbocycles. The summed E-state index contributed by atoms with van der Waals surface area (Å²) in [6.45, 7) is 1.45. The van der Waals surface area contributed by atoms with E-state index in [1.807, 2.05) is 29.2 Å². The standard InChI is InChI=1S/C28H28Cl2F3N3O4S/c1-17(16-37)34-27(38)20-11-21(28(31,32)33)13-24(12-20)36(41(2,39)40)25-14-35(15-25)26(18-3-7-22(29)8-4-18)19-5-9-23(30)10-6-19/h3-13,17,25-26,37H,14-16H2,1-2H3,(H,34,38). The van der Waals surface area contributed by atoms with E-state index in [4.69, 9.17) is 23.2 Å². The summed E-state index contributed by atoms with van der Waals surface area (Å²) in [6, 6.07) is 15.2. The van der Waals surface area contributed by atoms with Crippen molar-refractivity contribution in [2.24, 2.45) is 0 Å². The monoisotopic (exact) mass is 629 g/mol. The molecule has 2 N–H and O–H groups in total. The second-order valence-corrected chi connectivity index (χ2v) is 12.7. The summed E-state index contributed by atoms with van der Waals surface area (Å²) in [7, 11) is -4.07. The highest BCUT2D eigenvalue weighted by molar-refractivity contribution is 7.92. The fraction of sp³-hybridized carbons (Fsp3) is 0.321. The van der Waals surface area contributed by atoms with Gasteiger partial charge in [0.15, 0.2) is 0 Å². The minimum absolute atomic E-state index is 0.197. The molecule has 0 bridgehead atoms. The van der Waals surface area contributed by atoms with Crippen molar-refractivity contribution in [3.8, 4) is 0 Å². The summed E-state index contributed by atoms with van der Waals surface area (Å²) in [5.41, 5.74) is -0.0421. The summed E-state index contributed by atoms with van der Waals surface area (Å²) >= 11 is 12.2. The Bertz CT molecular complexity index is 1450. The van der Waals surface area contributed by atoms with Gasteiger partial charge in [-0.1, -0.05) is 47.5 Å². The molecule has 1 fully saturated rings. The van der Waals surface area contributed by atoms with Gasteiger partial charge in [0, 0.05) is 34.7 Å². The van der Waals surface area contributed by atoms with Crippen LogP contribution in [0, 0.1) is 0 Å². The lowest BCUT2D eigenvalue weighted by Gasteiger charge is -2.49. The number of sulfonamides is 1. The lowest BCUT2D eigenvalue weighted by Crippen LogP contribution is -2.61. The topological polar surface area (TPSA) is 89.9 Å². The molecule has 3 aromatic rings. The van der Waals surface area contributed by atoms with Crippen LogP contribution in [0.5, 0.6) is 0 Å². The van der Waals surface area contributed by atoms with Crippen LogP contribution in [0.2, 0.25) is 10.0 Å². The van der Waals surface area contributed by atoms with Gasteiger partial charge in [-0.2, -0.15) is 13.2 Å². The maximum Gasteiger partial charge on any atom is 0.416 e. The first-order chi connectivity index (χ1) is 19.2. The predicted octanol–water partition coefficient (Wildman–Crippen LogP) is 5.36. The molecule has 0 spiro atoms. The molecule has 0 aromatic heterocycles. The van der Waals surface area contributed by atoms with Crippen LogP contribution in [0.15, 0.2) is 66.7 Å². The number of amides is 1. The number of benzene rings is 3. The van der Waals surface area contributed by atoms with E-state index in [9.17, 15) is 31.5 Å². The Labute approximate surface area is 246 Å². The molecule has 1 saturated heterocycles. The van der Waals surface area contributed by atoms with Crippen molar-refractivity contribution in [2.45, 2.75) is 31.2 Å². The second kappa shape index (κ2) is 12.2. The quantitative estimate of drug-likeness (QED) is 0.332. The molecule has 1 unspecified atom stereocenters. The Hall–Kier alpha value is -2.83. The first kappa shape index (κ1) is 31.1. The molecule has 0 radical (unpaired) electrons. The number of nitrogens with one attached hydrogen (secondary N) is 1. The summed E-state index contributed by atoms with van der Waals surface area (Å²) in [5.74, 6) is -0.867. The Balaban J connectivity index is 1.70. The van der Waals surface area contributed by atoms with Crippen molar-refractivity contribution < 1.29 is 31.5 Å². The van der Waals surface area contributed by atoms with E-state index in [1.165, 1.54) is 6.92 Å². The highest BCUT2D eigenvalue weighted by Crippen LogP contribution is 2.39. The number of hydrogen-bond acceptors (Lipinski definition) is 5. The third-order valence-corrected chi connectivity index (χ3v) is 8.46. The number of nitrogens with zero attached hydrogens (tertiary/aromatic N) is 2. The minimum atomic E-state index is -4.84. The van der Waals surface area contributed by atoms with Gasteiger partial charge >= 0.3 is 6.18 Å².